The van der Waals surface area contributed by atoms with Crippen molar-refractivity contribution in [3.05, 3.63) is 64.1 Å². The molecule has 2 aromatic rings. The van der Waals surface area contributed by atoms with Crippen LogP contribution in [0, 0.1) is 0 Å². The lowest BCUT2D eigenvalue weighted by Gasteiger charge is -2.15. The van der Waals surface area contributed by atoms with Gasteiger partial charge in [0, 0.05) is 21.2 Å². The first-order valence-electron chi connectivity index (χ1n) is 6.82. The molecule has 0 bridgehead atoms. The number of thioether (sulfide) groups is 1. The second-order valence-electron chi connectivity index (χ2n) is 5.12. The van der Waals surface area contributed by atoms with Gasteiger partial charge in [0.15, 0.2) is 0 Å². The van der Waals surface area contributed by atoms with E-state index in [2.05, 4.69) is 78.3 Å². The van der Waals surface area contributed by atoms with Gasteiger partial charge >= 0.3 is 0 Å². The Balaban J connectivity index is 2.11. The topological polar surface area (TPSA) is 26.0 Å². The van der Waals surface area contributed by atoms with Crippen LogP contribution in [0.15, 0.2) is 57.9 Å². The Bertz CT molecular complexity index is 534. The van der Waals surface area contributed by atoms with Gasteiger partial charge in [-0.25, -0.2) is 0 Å². The molecule has 2 rings (SSSR count). The molecule has 3 heteroatoms. The fourth-order valence-electron chi connectivity index (χ4n) is 2.03. The molecule has 0 aliphatic carbocycles. The summed E-state index contributed by atoms with van der Waals surface area (Å²) in [4.78, 5) is 1.27. The molecule has 0 aromatic heterocycles. The largest absolute Gasteiger partial charge is 0.329 e. The average Bonchev–Trinajstić information content (AvgIpc) is 2.46. The number of halogens is 1. The number of rotatable bonds is 5. The third-order valence-electron chi connectivity index (χ3n) is 3.28. The van der Waals surface area contributed by atoms with Crippen molar-refractivity contribution in [1.29, 1.82) is 0 Å². The highest BCUT2D eigenvalue weighted by Crippen LogP contribution is 2.35. The Hall–Kier alpha value is -0.770. The number of nitrogens with two attached hydrogens (primary N) is 1. The minimum atomic E-state index is 0.299. The summed E-state index contributed by atoms with van der Waals surface area (Å²) in [6, 6.07) is 17.2. The van der Waals surface area contributed by atoms with E-state index in [1.54, 1.807) is 0 Å². The highest BCUT2D eigenvalue weighted by molar-refractivity contribution is 9.10. The van der Waals surface area contributed by atoms with Gasteiger partial charge in [0.1, 0.15) is 0 Å². The van der Waals surface area contributed by atoms with Crippen LogP contribution >= 0.6 is 27.7 Å². The van der Waals surface area contributed by atoms with Gasteiger partial charge in [0.05, 0.1) is 0 Å². The predicted octanol–water partition coefficient (Wildman–Crippen LogP) is 5.36. The zero-order valence-electron chi connectivity index (χ0n) is 11.8. The van der Waals surface area contributed by atoms with Crippen LogP contribution in [0.25, 0.3) is 0 Å². The number of benzene rings is 2. The summed E-state index contributed by atoms with van der Waals surface area (Å²) >= 11 is 5.29. The van der Waals surface area contributed by atoms with E-state index < -0.39 is 0 Å². The van der Waals surface area contributed by atoms with Crippen molar-refractivity contribution in [2.24, 2.45) is 5.73 Å². The summed E-state index contributed by atoms with van der Waals surface area (Å²) in [5.41, 5.74) is 8.59. The summed E-state index contributed by atoms with van der Waals surface area (Å²) in [6.45, 7) is 5.07. The second-order valence-corrected chi connectivity index (χ2v) is 7.31. The summed E-state index contributed by atoms with van der Waals surface area (Å²) in [5, 5.41) is 0.299. The first-order chi connectivity index (χ1) is 9.60. The van der Waals surface area contributed by atoms with Crippen molar-refractivity contribution in [3.63, 3.8) is 0 Å². The minimum Gasteiger partial charge on any atom is -0.329 e. The third-order valence-corrected chi connectivity index (χ3v) is 5.10. The lowest BCUT2D eigenvalue weighted by Crippen LogP contribution is -2.09. The molecular formula is C17H20BrNS. The zero-order chi connectivity index (χ0) is 14.5. The van der Waals surface area contributed by atoms with Crippen molar-refractivity contribution < 1.29 is 0 Å². The Labute approximate surface area is 134 Å². The lowest BCUT2D eigenvalue weighted by molar-refractivity contribution is 0.864. The van der Waals surface area contributed by atoms with Gasteiger partial charge in [-0.05, 0) is 41.3 Å². The molecular weight excluding hydrogens is 330 g/mol. The molecule has 1 nitrogen and oxygen atoms in total. The molecule has 2 aromatic carbocycles. The molecule has 0 saturated carbocycles. The van der Waals surface area contributed by atoms with E-state index in [0.717, 1.165) is 4.47 Å². The quantitative estimate of drug-likeness (QED) is 0.734. The van der Waals surface area contributed by atoms with Gasteiger partial charge in [-0.1, -0.05) is 54.0 Å². The molecule has 1 unspecified atom stereocenters. The van der Waals surface area contributed by atoms with Crippen LogP contribution in [0.1, 0.15) is 36.1 Å². The van der Waals surface area contributed by atoms with E-state index in [1.807, 2.05) is 11.8 Å². The molecule has 0 heterocycles. The van der Waals surface area contributed by atoms with Crippen molar-refractivity contribution in [2.75, 3.05) is 6.54 Å². The molecule has 0 fully saturated rings. The summed E-state index contributed by atoms with van der Waals surface area (Å²) in [6.07, 6.45) is 0. The highest BCUT2D eigenvalue weighted by atomic mass is 79.9. The van der Waals surface area contributed by atoms with Gasteiger partial charge < -0.3 is 5.73 Å². The van der Waals surface area contributed by atoms with E-state index in [1.165, 1.54) is 16.0 Å². The van der Waals surface area contributed by atoms with Crippen LogP contribution in [0.4, 0.5) is 0 Å². The van der Waals surface area contributed by atoms with E-state index in [-0.39, 0.29) is 0 Å². The molecule has 2 N–H and O–H groups in total. The molecule has 1 atom stereocenters. The fraction of sp³-hybridized carbons (Fsp3) is 0.294. The molecule has 0 aliphatic rings. The number of hydrogen-bond donors (Lipinski definition) is 1. The Morgan fingerprint density at radius 1 is 0.950 bits per heavy atom. The maximum atomic E-state index is 5.94. The first kappa shape index (κ1) is 15.6. The second kappa shape index (κ2) is 7.30. The molecule has 20 heavy (non-hydrogen) atoms. The highest BCUT2D eigenvalue weighted by Gasteiger charge is 2.11. The van der Waals surface area contributed by atoms with Crippen molar-refractivity contribution in [2.45, 2.75) is 29.9 Å². The summed E-state index contributed by atoms with van der Waals surface area (Å²) < 4.78 is 1.10. The summed E-state index contributed by atoms with van der Waals surface area (Å²) in [5.74, 6) is 0.575. The standard InChI is InChI=1S/C17H20BrNS/c1-12(2)13-5-9-16(10-6-13)20-17(11-19)14-3-7-15(18)8-4-14/h3-10,12,17H,11,19H2,1-2H3. The average molecular weight is 350 g/mol. The number of hydrogen-bond acceptors (Lipinski definition) is 2. The lowest BCUT2D eigenvalue weighted by atomic mass is 10.0. The first-order valence-corrected chi connectivity index (χ1v) is 8.49. The SMILES string of the molecule is CC(C)c1ccc(SC(CN)c2ccc(Br)cc2)cc1. The van der Waals surface area contributed by atoms with Crippen LogP contribution in [0.5, 0.6) is 0 Å². The molecule has 0 amide bonds. The molecule has 0 spiro atoms. The maximum Gasteiger partial charge on any atom is 0.0466 e. The monoisotopic (exact) mass is 349 g/mol. The van der Waals surface area contributed by atoms with Crippen LogP contribution < -0.4 is 5.73 Å². The molecule has 0 aliphatic heterocycles. The van der Waals surface area contributed by atoms with Crippen LogP contribution in [-0.4, -0.2) is 6.54 Å². The van der Waals surface area contributed by atoms with Crippen LogP contribution in [-0.2, 0) is 0 Å². The minimum absolute atomic E-state index is 0.299. The third kappa shape index (κ3) is 4.11. The maximum absolute atomic E-state index is 5.94. The molecule has 0 saturated heterocycles. The Kier molecular flexibility index (Phi) is 5.70. The Morgan fingerprint density at radius 2 is 1.50 bits per heavy atom. The van der Waals surface area contributed by atoms with Gasteiger partial charge in [-0.15, -0.1) is 11.8 Å². The fourth-order valence-corrected chi connectivity index (χ4v) is 3.30. The Morgan fingerprint density at radius 3 is 2.00 bits per heavy atom. The molecule has 106 valence electrons. The van der Waals surface area contributed by atoms with Gasteiger partial charge in [0.2, 0.25) is 0 Å². The predicted molar refractivity (Wildman–Crippen MR) is 92.3 cm³/mol. The van der Waals surface area contributed by atoms with Gasteiger partial charge in [-0.2, -0.15) is 0 Å². The van der Waals surface area contributed by atoms with Gasteiger partial charge in [0.25, 0.3) is 0 Å². The van der Waals surface area contributed by atoms with E-state index >= 15 is 0 Å². The normalized spacial score (nSPS) is 12.7. The van der Waals surface area contributed by atoms with Crippen LogP contribution in [0.3, 0.4) is 0 Å². The van der Waals surface area contributed by atoms with Crippen molar-refractivity contribution in [1.82, 2.24) is 0 Å². The zero-order valence-corrected chi connectivity index (χ0v) is 14.2. The van der Waals surface area contributed by atoms with Crippen LogP contribution in [0.2, 0.25) is 0 Å². The van der Waals surface area contributed by atoms with E-state index in [0.29, 0.717) is 17.7 Å². The van der Waals surface area contributed by atoms with Crippen molar-refractivity contribution in [3.8, 4) is 0 Å². The van der Waals surface area contributed by atoms with E-state index in [4.69, 9.17) is 5.73 Å². The van der Waals surface area contributed by atoms with E-state index in [9.17, 15) is 0 Å². The molecule has 0 radical (unpaired) electrons. The van der Waals surface area contributed by atoms with Gasteiger partial charge in [-0.3, -0.25) is 0 Å². The summed E-state index contributed by atoms with van der Waals surface area (Å²) in [7, 11) is 0. The smallest absolute Gasteiger partial charge is 0.0466 e. The van der Waals surface area contributed by atoms with Crippen molar-refractivity contribution >= 4 is 27.7 Å².